The first kappa shape index (κ1) is 12.4. The van der Waals surface area contributed by atoms with Crippen LogP contribution >= 0.6 is 0 Å². The molecule has 0 aliphatic carbocycles. The number of carbonyl (C=O) groups excluding carboxylic acids is 1. The molecule has 0 spiro atoms. The van der Waals surface area contributed by atoms with E-state index in [1.165, 1.54) is 12.1 Å². The second kappa shape index (κ2) is 6.79. The molecule has 0 aliphatic heterocycles. The quantitative estimate of drug-likeness (QED) is 0.701. The summed E-state index contributed by atoms with van der Waals surface area (Å²) >= 11 is 0. The number of hydrogen-bond acceptors (Lipinski definition) is 3. The van der Waals surface area contributed by atoms with Gasteiger partial charge in [0.25, 0.3) is 0 Å². The topological polar surface area (TPSA) is 64.4 Å². The maximum Gasteiger partial charge on any atom is 0.233 e. The van der Waals surface area contributed by atoms with Crippen molar-refractivity contribution in [3.63, 3.8) is 0 Å². The molecular weight excluding hydrogens is 211 g/mol. The average Bonchev–Trinajstić information content (AvgIpc) is 2.28. The van der Waals surface area contributed by atoms with Crippen LogP contribution in [-0.2, 0) is 4.79 Å². The standard InChI is InChI=1S/C11H15FN2O2/c12-9-3-1-4-10(7-9)16-6-2-5-14-11(15)8-13/h1,3-4,7H,2,5-6,8,13H2,(H,14,15). The van der Waals surface area contributed by atoms with Crippen molar-refractivity contribution >= 4 is 5.91 Å². The van der Waals surface area contributed by atoms with E-state index < -0.39 is 0 Å². The first-order valence-corrected chi connectivity index (χ1v) is 5.07. The van der Waals surface area contributed by atoms with Gasteiger partial charge in [-0.05, 0) is 18.6 Å². The molecule has 0 bridgehead atoms. The fraction of sp³-hybridized carbons (Fsp3) is 0.364. The van der Waals surface area contributed by atoms with Crippen molar-refractivity contribution in [1.29, 1.82) is 0 Å². The molecule has 1 amide bonds. The maximum atomic E-state index is 12.7. The number of carbonyl (C=O) groups is 1. The van der Waals surface area contributed by atoms with Crippen LogP contribution in [0.3, 0.4) is 0 Å². The Balaban J connectivity index is 2.14. The van der Waals surface area contributed by atoms with Gasteiger partial charge in [-0.25, -0.2) is 4.39 Å². The van der Waals surface area contributed by atoms with Crippen LogP contribution in [-0.4, -0.2) is 25.6 Å². The van der Waals surface area contributed by atoms with Gasteiger partial charge >= 0.3 is 0 Å². The van der Waals surface area contributed by atoms with E-state index in [4.69, 9.17) is 10.5 Å². The predicted octanol–water partition coefficient (Wildman–Crippen LogP) is 0.669. The second-order valence-electron chi connectivity index (χ2n) is 3.21. The normalized spacial score (nSPS) is 9.88. The van der Waals surface area contributed by atoms with Crippen LogP contribution in [0.5, 0.6) is 5.75 Å². The smallest absolute Gasteiger partial charge is 0.233 e. The monoisotopic (exact) mass is 226 g/mol. The molecule has 0 fully saturated rings. The molecule has 5 heteroatoms. The minimum absolute atomic E-state index is 0.00917. The highest BCUT2D eigenvalue weighted by atomic mass is 19.1. The number of amides is 1. The zero-order chi connectivity index (χ0) is 11.8. The van der Waals surface area contributed by atoms with Crippen molar-refractivity contribution in [2.24, 2.45) is 5.73 Å². The first-order chi connectivity index (χ1) is 7.72. The molecule has 0 unspecified atom stereocenters. The number of hydrogen-bond donors (Lipinski definition) is 2. The Morgan fingerprint density at radius 3 is 3.00 bits per heavy atom. The van der Waals surface area contributed by atoms with Crippen molar-refractivity contribution in [1.82, 2.24) is 5.32 Å². The van der Waals surface area contributed by atoms with E-state index in [2.05, 4.69) is 5.32 Å². The molecule has 0 heterocycles. The van der Waals surface area contributed by atoms with Gasteiger partial charge in [-0.3, -0.25) is 4.79 Å². The number of halogens is 1. The third-order valence-corrected chi connectivity index (χ3v) is 1.89. The van der Waals surface area contributed by atoms with Crippen molar-refractivity contribution in [3.8, 4) is 5.75 Å². The van der Waals surface area contributed by atoms with E-state index >= 15 is 0 Å². The molecule has 0 aliphatic rings. The highest BCUT2D eigenvalue weighted by molar-refractivity contribution is 5.77. The summed E-state index contributed by atoms with van der Waals surface area (Å²) in [6.07, 6.45) is 0.655. The van der Waals surface area contributed by atoms with Crippen molar-refractivity contribution in [3.05, 3.63) is 30.1 Å². The summed E-state index contributed by atoms with van der Waals surface area (Å²) < 4.78 is 18.0. The molecular formula is C11H15FN2O2. The number of ether oxygens (including phenoxy) is 1. The van der Waals surface area contributed by atoms with E-state index in [1.807, 2.05) is 0 Å². The Morgan fingerprint density at radius 2 is 2.31 bits per heavy atom. The highest BCUT2D eigenvalue weighted by Crippen LogP contribution is 2.11. The van der Waals surface area contributed by atoms with Crippen LogP contribution in [0.25, 0.3) is 0 Å². The molecule has 1 aromatic carbocycles. The molecule has 0 radical (unpaired) electrons. The number of rotatable bonds is 6. The van der Waals surface area contributed by atoms with Gasteiger partial charge in [0.2, 0.25) is 5.91 Å². The summed E-state index contributed by atoms with van der Waals surface area (Å²) in [6, 6.07) is 5.94. The van der Waals surface area contributed by atoms with Gasteiger partial charge in [-0.1, -0.05) is 6.07 Å². The average molecular weight is 226 g/mol. The lowest BCUT2D eigenvalue weighted by atomic mass is 10.3. The largest absolute Gasteiger partial charge is 0.493 e. The Hall–Kier alpha value is -1.62. The molecule has 0 aromatic heterocycles. The van der Waals surface area contributed by atoms with Crippen LogP contribution < -0.4 is 15.8 Å². The predicted molar refractivity (Wildman–Crippen MR) is 58.6 cm³/mol. The van der Waals surface area contributed by atoms with Crippen LogP contribution in [0.15, 0.2) is 24.3 Å². The first-order valence-electron chi connectivity index (χ1n) is 5.07. The van der Waals surface area contributed by atoms with Crippen molar-refractivity contribution in [2.45, 2.75) is 6.42 Å². The van der Waals surface area contributed by atoms with E-state index in [0.717, 1.165) is 0 Å². The third-order valence-electron chi connectivity index (χ3n) is 1.89. The zero-order valence-electron chi connectivity index (χ0n) is 8.91. The molecule has 3 N–H and O–H groups in total. The molecule has 0 atom stereocenters. The zero-order valence-corrected chi connectivity index (χ0v) is 8.91. The number of nitrogens with two attached hydrogens (primary N) is 1. The SMILES string of the molecule is NCC(=O)NCCCOc1cccc(F)c1. The minimum Gasteiger partial charge on any atom is -0.493 e. The molecule has 0 saturated carbocycles. The van der Waals surface area contributed by atoms with Gasteiger partial charge in [0.05, 0.1) is 13.2 Å². The Labute approximate surface area is 93.6 Å². The minimum atomic E-state index is -0.325. The Bertz CT molecular complexity index is 345. The number of benzene rings is 1. The van der Waals surface area contributed by atoms with E-state index in [9.17, 15) is 9.18 Å². The summed E-state index contributed by atoms with van der Waals surface area (Å²) in [4.78, 5) is 10.8. The third kappa shape index (κ3) is 4.75. The molecule has 16 heavy (non-hydrogen) atoms. The number of nitrogens with one attached hydrogen (secondary N) is 1. The van der Waals surface area contributed by atoms with E-state index in [1.54, 1.807) is 12.1 Å². The van der Waals surface area contributed by atoms with Crippen LogP contribution in [0, 0.1) is 5.82 Å². The molecule has 88 valence electrons. The molecule has 1 aromatic rings. The molecule has 1 rings (SSSR count). The Kier molecular flexibility index (Phi) is 5.28. The molecule has 4 nitrogen and oxygen atoms in total. The van der Waals surface area contributed by atoms with Gasteiger partial charge in [0.15, 0.2) is 0 Å². The second-order valence-corrected chi connectivity index (χ2v) is 3.21. The van der Waals surface area contributed by atoms with Gasteiger partial charge in [-0.15, -0.1) is 0 Å². The van der Waals surface area contributed by atoms with E-state index in [0.29, 0.717) is 25.3 Å². The van der Waals surface area contributed by atoms with Crippen LogP contribution in [0.1, 0.15) is 6.42 Å². The molecule has 0 saturated heterocycles. The fourth-order valence-electron chi connectivity index (χ4n) is 1.12. The fourth-order valence-corrected chi connectivity index (χ4v) is 1.12. The summed E-state index contributed by atoms with van der Waals surface area (Å²) in [5.41, 5.74) is 5.11. The van der Waals surface area contributed by atoms with Gasteiger partial charge < -0.3 is 15.8 Å². The maximum absolute atomic E-state index is 12.7. The van der Waals surface area contributed by atoms with Gasteiger partial charge in [0.1, 0.15) is 11.6 Å². The van der Waals surface area contributed by atoms with Crippen molar-refractivity contribution in [2.75, 3.05) is 19.7 Å². The lowest BCUT2D eigenvalue weighted by molar-refractivity contribution is -0.119. The van der Waals surface area contributed by atoms with Crippen LogP contribution in [0.4, 0.5) is 4.39 Å². The van der Waals surface area contributed by atoms with Crippen molar-refractivity contribution < 1.29 is 13.9 Å². The van der Waals surface area contributed by atoms with E-state index in [-0.39, 0.29) is 18.3 Å². The highest BCUT2D eigenvalue weighted by Gasteiger charge is 1.97. The summed E-state index contributed by atoms with van der Waals surface area (Å²) in [7, 11) is 0. The van der Waals surface area contributed by atoms with Gasteiger partial charge in [-0.2, -0.15) is 0 Å². The lowest BCUT2D eigenvalue weighted by Crippen LogP contribution is -2.31. The summed E-state index contributed by atoms with van der Waals surface area (Å²) in [5, 5.41) is 2.61. The Morgan fingerprint density at radius 1 is 1.50 bits per heavy atom. The summed E-state index contributed by atoms with van der Waals surface area (Å²) in [5.74, 6) is -0.0233. The lowest BCUT2D eigenvalue weighted by Gasteiger charge is -2.06. The summed E-state index contributed by atoms with van der Waals surface area (Å²) in [6.45, 7) is 0.921. The van der Waals surface area contributed by atoms with Crippen LogP contribution in [0.2, 0.25) is 0 Å². The van der Waals surface area contributed by atoms with Gasteiger partial charge in [0, 0.05) is 12.6 Å².